The second-order valence-electron chi connectivity index (χ2n) is 3.34. The normalized spacial score (nSPS) is 20.6. The zero-order chi connectivity index (χ0) is 11.0. The van der Waals surface area contributed by atoms with Gasteiger partial charge in [-0.25, -0.2) is 0 Å². The van der Waals surface area contributed by atoms with E-state index < -0.39 is 0 Å². The average Bonchev–Trinajstić information content (AvgIpc) is 2.42. The fourth-order valence-corrected chi connectivity index (χ4v) is 1.51. The van der Waals surface area contributed by atoms with Gasteiger partial charge in [0.25, 0.3) is 0 Å². The first-order chi connectivity index (χ1) is 6.77. The van der Waals surface area contributed by atoms with E-state index in [0.29, 0.717) is 0 Å². The number of rotatable bonds is 2. The Balaban J connectivity index is 0.000000791. The molecular weight excluding hydrogens is 168 g/mol. The smallest absolute Gasteiger partial charge is 0.0234 e. The Morgan fingerprint density at radius 2 is 1.93 bits per heavy atom. The lowest BCUT2D eigenvalue weighted by Gasteiger charge is -2.07. The zero-order valence-corrected chi connectivity index (χ0v) is 9.72. The molecule has 1 unspecified atom stereocenters. The molecule has 0 aromatic carbocycles. The maximum atomic E-state index is 3.82. The minimum Gasteiger partial charge on any atom is -0.0988 e. The molecule has 0 spiro atoms. The predicted octanol–water partition coefficient (Wildman–Crippen LogP) is 4.67. The highest BCUT2D eigenvalue weighted by Gasteiger charge is 2.07. The summed E-state index contributed by atoms with van der Waals surface area (Å²) in [6, 6.07) is 0. The van der Waals surface area contributed by atoms with E-state index >= 15 is 0 Å². The molecule has 0 amide bonds. The van der Waals surface area contributed by atoms with E-state index in [1.165, 1.54) is 11.1 Å². The first-order valence-corrected chi connectivity index (χ1v) is 5.42. The van der Waals surface area contributed by atoms with Crippen LogP contribution in [0, 0.1) is 5.92 Å². The maximum absolute atomic E-state index is 3.82. The SMILES string of the molecule is C=CC1=C(C=C)CC(C)CC=C1.CC. The highest BCUT2D eigenvalue weighted by atomic mass is 14.1. The summed E-state index contributed by atoms with van der Waals surface area (Å²) in [5.74, 6) is 0.728. The summed E-state index contributed by atoms with van der Waals surface area (Å²) in [4.78, 5) is 0. The average molecular weight is 190 g/mol. The standard InChI is InChI=1S/C12H16.C2H6/c1-4-11-8-6-7-10(3)9-12(11)5-2;1-2/h4-6,8,10H,1-2,7,9H2,3H3;1-2H3. The van der Waals surface area contributed by atoms with Gasteiger partial charge in [-0.05, 0) is 29.9 Å². The third-order valence-electron chi connectivity index (χ3n) is 2.24. The summed E-state index contributed by atoms with van der Waals surface area (Å²) in [6.45, 7) is 13.9. The van der Waals surface area contributed by atoms with Crippen LogP contribution in [0.1, 0.15) is 33.6 Å². The van der Waals surface area contributed by atoms with E-state index in [1.807, 2.05) is 26.0 Å². The van der Waals surface area contributed by atoms with E-state index in [1.54, 1.807) is 0 Å². The van der Waals surface area contributed by atoms with Crippen molar-refractivity contribution in [3.8, 4) is 0 Å². The monoisotopic (exact) mass is 190 g/mol. The lowest BCUT2D eigenvalue weighted by Crippen LogP contribution is -1.92. The van der Waals surface area contributed by atoms with Crippen molar-refractivity contribution in [3.63, 3.8) is 0 Å². The van der Waals surface area contributed by atoms with Gasteiger partial charge in [-0.2, -0.15) is 0 Å². The second kappa shape index (κ2) is 7.37. The zero-order valence-electron chi connectivity index (χ0n) is 9.72. The van der Waals surface area contributed by atoms with Crippen LogP contribution in [0.5, 0.6) is 0 Å². The van der Waals surface area contributed by atoms with Crippen molar-refractivity contribution in [2.45, 2.75) is 33.6 Å². The van der Waals surface area contributed by atoms with Gasteiger partial charge in [0, 0.05) is 0 Å². The summed E-state index contributed by atoms with van der Waals surface area (Å²) >= 11 is 0. The van der Waals surface area contributed by atoms with E-state index in [0.717, 1.165) is 18.8 Å². The van der Waals surface area contributed by atoms with Crippen LogP contribution in [0.3, 0.4) is 0 Å². The topological polar surface area (TPSA) is 0 Å². The molecule has 0 fully saturated rings. The molecule has 78 valence electrons. The summed E-state index contributed by atoms with van der Waals surface area (Å²) in [6.07, 6.45) is 10.5. The van der Waals surface area contributed by atoms with Gasteiger partial charge >= 0.3 is 0 Å². The van der Waals surface area contributed by atoms with Gasteiger partial charge in [0.15, 0.2) is 0 Å². The molecule has 0 radical (unpaired) electrons. The van der Waals surface area contributed by atoms with Gasteiger partial charge < -0.3 is 0 Å². The first-order valence-electron chi connectivity index (χ1n) is 5.42. The fraction of sp³-hybridized carbons (Fsp3) is 0.429. The highest BCUT2D eigenvalue weighted by Crippen LogP contribution is 2.24. The van der Waals surface area contributed by atoms with E-state index in [9.17, 15) is 0 Å². The van der Waals surface area contributed by atoms with Gasteiger partial charge in [0.2, 0.25) is 0 Å². The quantitative estimate of drug-likeness (QED) is 0.593. The molecule has 0 saturated heterocycles. The van der Waals surface area contributed by atoms with Gasteiger partial charge in [-0.15, -0.1) is 0 Å². The summed E-state index contributed by atoms with van der Waals surface area (Å²) < 4.78 is 0. The summed E-state index contributed by atoms with van der Waals surface area (Å²) in [5, 5.41) is 0. The minimum absolute atomic E-state index is 0.728. The molecule has 0 heterocycles. The molecule has 0 nitrogen and oxygen atoms in total. The lowest BCUT2D eigenvalue weighted by molar-refractivity contribution is 0.595. The van der Waals surface area contributed by atoms with E-state index in [4.69, 9.17) is 0 Å². The molecule has 1 aliphatic carbocycles. The third kappa shape index (κ3) is 3.78. The van der Waals surface area contributed by atoms with Crippen LogP contribution in [0.2, 0.25) is 0 Å². The van der Waals surface area contributed by atoms with Crippen molar-refractivity contribution in [3.05, 3.63) is 48.6 Å². The second-order valence-corrected chi connectivity index (χ2v) is 3.34. The Morgan fingerprint density at radius 1 is 1.29 bits per heavy atom. The third-order valence-corrected chi connectivity index (χ3v) is 2.24. The molecular formula is C14H22. The largest absolute Gasteiger partial charge is 0.0988 e. The Hall–Kier alpha value is -1.04. The molecule has 0 N–H and O–H groups in total. The van der Waals surface area contributed by atoms with Crippen LogP contribution in [0.15, 0.2) is 48.6 Å². The highest BCUT2D eigenvalue weighted by molar-refractivity contribution is 5.40. The van der Waals surface area contributed by atoms with Gasteiger partial charge in [0.1, 0.15) is 0 Å². The van der Waals surface area contributed by atoms with E-state index in [2.05, 4.69) is 32.2 Å². The summed E-state index contributed by atoms with van der Waals surface area (Å²) in [5.41, 5.74) is 2.56. The van der Waals surface area contributed by atoms with Crippen molar-refractivity contribution in [2.75, 3.05) is 0 Å². The number of hydrogen-bond donors (Lipinski definition) is 0. The molecule has 0 bridgehead atoms. The van der Waals surface area contributed by atoms with Crippen LogP contribution < -0.4 is 0 Å². The van der Waals surface area contributed by atoms with Crippen LogP contribution in [0.4, 0.5) is 0 Å². The molecule has 0 aliphatic heterocycles. The van der Waals surface area contributed by atoms with Crippen LogP contribution >= 0.6 is 0 Å². The predicted molar refractivity (Wildman–Crippen MR) is 66.3 cm³/mol. The molecule has 0 heteroatoms. The Morgan fingerprint density at radius 3 is 2.43 bits per heavy atom. The van der Waals surface area contributed by atoms with Gasteiger partial charge in [-0.3, -0.25) is 0 Å². The van der Waals surface area contributed by atoms with Crippen LogP contribution in [-0.4, -0.2) is 0 Å². The van der Waals surface area contributed by atoms with Crippen molar-refractivity contribution >= 4 is 0 Å². The lowest BCUT2D eigenvalue weighted by atomic mass is 9.98. The molecule has 0 aromatic heterocycles. The van der Waals surface area contributed by atoms with Crippen molar-refractivity contribution in [1.82, 2.24) is 0 Å². The molecule has 14 heavy (non-hydrogen) atoms. The number of allylic oxidation sites excluding steroid dienone is 6. The molecule has 0 aromatic rings. The Kier molecular flexibility index (Phi) is 6.82. The molecule has 1 rings (SSSR count). The summed E-state index contributed by atoms with van der Waals surface area (Å²) in [7, 11) is 0. The Labute approximate surface area is 88.7 Å². The number of hydrogen-bond acceptors (Lipinski definition) is 0. The molecule has 1 atom stereocenters. The minimum atomic E-state index is 0.728. The fourth-order valence-electron chi connectivity index (χ4n) is 1.51. The van der Waals surface area contributed by atoms with Gasteiger partial charge in [-0.1, -0.05) is 58.2 Å². The molecule has 1 aliphatic rings. The van der Waals surface area contributed by atoms with Crippen LogP contribution in [0.25, 0.3) is 0 Å². The maximum Gasteiger partial charge on any atom is -0.0234 e. The van der Waals surface area contributed by atoms with Gasteiger partial charge in [0.05, 0.1) is 0 Å². The first kappa shape index (κ1) is 13.0. The van der Waals surface area contributed by atoms with Crippen molar-refractivity contribution < 1.29 is 0 Å². The van der Waals surface area contributed by atoms with E-state index in [-0.39, 0.29) is 0 Å². The molecule has 0 saturated carbocycles. The Bertz CT molecular complexity index is 241. The van der Waals surface area contributed by atoms with Crippen LogP contribution in [-0.2, 0) is 0 Å². The van der Waals surface area contributed by atoms with Crippen molar-refractivity contribution in [2.24, 2.45) is 5.92 Å². The van der Waals surface area contributed by atoms with Crippen molar-refractivity contribution in [1.29, 1.82) is 0 Å².